The number of rotatable bonds is 8. The van der Waals surface area contributed by atoms with Crippen molar-refractivity contribution < 1.29 is 19.4 Å². The Balaban J connectivity index is 2.87. The monoisotopic (exact) mass is 316 g/mol. The smallest absolute Gasteiger partial charge is 0.328 e. The molecule has 6 heteroatoms. The van der Waals surface area contributed by atoms with E-state index in [1.165, 1.54) is 13.2 Å². The maximum absolute atomic E-state index is 10.5. The summed E-state index contributed by atoms with van der Waals surface area (Å²) in [5.41, 5.74) is 0.644. The third kappa shape index (κ3) is 5.35. The van der Waals surface area contributed by atoms with E-state index in [0.717, 1.165) is 18.2 Å². The van der Waals surface area contributed by atoms with E-state index < -0.39 is 5.97 Å². The molecule has 0 unspecified atom stereocenters. The summed E-state index contributed by atoms with van der Waals surface area (Å²) in [4.78, 5) is 10.5. The van der Waals surface area contributed by atoms with E-state index in [1.54, 1.807) is 23.9 Å². The van der Waals surface area contributed by atoms with Crippen molar-refractivity contribution in [2.45, 2.75) is 6.42 Å². The second kappa shape index (κ2) is 8.76. The number of hydrogen-bond donors (Lipinski definition) is 1. The molecule has 0 radical (unpaired) electrons. The first kappa shape index (κ1) is 16.7. The van der Waals surface area contributed by atoms with E-state index in [9.17, 15) is 4.79 Å². The molecule has 0 fully saturated rings. The molecule has 0 aromatic heterocycles. The molecule has 0 amide bonds. The molecule has 1 aromatic carbocycles. The van der Waals surface area contributed by atoms with Crippen LogP contribution in [0.2, 0.25) is 5.02 Å². The predicted octanol–water partition coefficient (Wildman–Crippen LogP) is 3.58. The summed E-state index contributed by atoms with van der Waals surface area (Å²) in [6.07, 6.45) is 5.46. The maximum atomic E-state index is 10.5. The molecular formula is C14H17ClO4S. The maximum Gasteiger partial charge on any atom is 0.328 e. The summed E-state index contributed by atoms with van der Waals surface area (Å²) in [7, 11) is 1.52. The van der Waals surface area contributed by atoms with Crippen molar-refractivity contribution in [1.29, 1.82) is 0 Å². The van der Waals surface area contributed by atoms with Crippen LogP contribution in [0.4, 0.5) is 0 Å². The Hall–Kier alpha value is -1.33. The van der Waals surface area contributed by atoms with Gasteiger partial charge in [-0.25, -0.2) is 4.79 Å². The number of methoxy groups -OCH3 is 1. The Morgan fingerprint density at radius 3 is 2.85 bits per heavy atom. The molecule has 0 aliphatic rings. The Labute approximate surface area is 127 Å². The van der Waals surface area contributed by atoms with Crippen LogP contribution in [0.5, 0.6) is 11.5 Å². The summed E-state index contributed by atoms with van der Waals surface area (Å²) in [6, 6.07) is 3.34. The van der Waals surface area contributed by atoms with Gasteiger partial charge in [0.1, 0.15) is 0 Å². The zero-order valence-electron chi connectivity index (χ0n) is 11.4. The van der Waals surface area contributed by atoms with E-state index in [-0.39, 0.29) is 0 Å². The van der Waals surface area contributed by atoms with Gasteiger partial charge in [0.15, 0.2) is 11.5 Å². The lowest BCUT2D eigenvalue weighted by molar-refractivity contribution is -0.131. The van der Waals surface area contributed by atoms with Crippen LogP contribution >= 0.6 is 23.4 Å². The van der Waals surface area contributed by atoms with Gasteiger partial charge in [0.25, 0.3) is 0 Å². The van der Waals surface area contributed by atoms with Crippen LogP contribution in [0.15, 0.2) is 18.2 Å². The fourth-order valence-electron chi connectivity index (χ4n) is 1.52. The molecule has 110 valence electrons. The normalized spacial score (nSPS) is 10.8. The number of carboxylic acids is 1. The van der Waals surface area contributed by atoms with Crippen molar-refractivity contribution in [1.82, 2.24) is 0 Å². The van der Waals surface area contributed by atoms with Crippen molar-refractivity contribution in [3.05, 3.63) is 28.8 Å². The molecule has 1 N–H and O–H groups in total. The highest BCUT2D eigenvalue weighted by Crippen LogP contribution is 2.36. The minimum Gasteiger partial charge on any atom is -0.493 e. The fourth-order valence-corrected chi connectivity index (χ4v) is 2.20. The number of carbonyl (C=O) groups is 1. The quantitative estimate of drug-likeness (QED) is 0.587. The highest BCUT2D eigenvalue weighted by Gasteiger charge is 2.11. The minimum atomic E-state index is -1.02. The SMILES string of the molecule is COc1cc(/C=C/C(=O)O)cc(Cl)c1OCCCSC. The number of ether oxygens (including phenoxy) is 2. The lowest BCUT2D eigenvalue weighted by Crippen LogP contribution is -2.01. The summed E-state index contributed by atoms with van der Waals surface area (Å²) in [5.74, 6) is 0.978. The first-order valence-electron chi connectivity index (χ1n) is 5.98. The number of thioether (sulfide) groups is 1. The van der Waals surface area contributed by atoms with Crippen molar-refractivity contribution in [2.75, 3.05) is 25.7 Å². The van der Waals surface area contributed by atoms with Gasteiger partial charge in [-0.15, -0.1) is 0 Å². The molecular weight excluding hydrogens is 300 g/mol. The van der Waals surface area contributed by atoms with Crippen LogP contribution in [0, 0.1) is 0 Å². The van der Waals surface area contributed by atoms with E-state index >= 15 is 0 Å². The van der Waals surface area contributed by atoms with E-state index in [2.05, 4.69) is 0 Å². The van der Waals surface area contributed by atoms with E-state index in [0.29, 0.717) is 28.7 Å². The van der Waals surface area contributed by atoms with Crippen LogP contribution in [0.1, 0.15) is 12.0 Å². The molecule has 0 spiro atoms. The van der Waals surface area contributed by atoms with Crippen molar-refractivity contribution >= 4 is 35.4 Å². The number of halogens is 1. The molecule has 0 atom stereocenters. The lowest BCUT2D eigenvalue weighted by Gasteiger charge is -2.13. The third-order valence-electron chi connectivity index (χ3n) is 2.41. The van der Waals surface area contributed by atoms with Gasteiger partial charge in [0.05, 0.1) is 18.7 Å². The molecule has 0 aliphatic heterocycles. The van der Waals surface area contributed by atoms with Crippen LogP contribution in [0.25, 0.3) is 6.08 Å². The second-order valence-corrected chi connectivity index (χ2v) is 5.29. The molecule has 1 rings (SSSR count). The number of carboxylic acid groups (broad SMARTS) is 1. The Kier molecular flexibility index (Phi) is 7.33. The lowest BCUT2D eigenvalue weighted by atomic mass is 10.2. The average molecular weight is 317 g/mol. The fraction of sp³-hybridized carbons (Fsp3) is 0.357. The molecule has 4 nitrogen and oxygen atoms in total. The van der Waals surface area contributed by atoms with Crippen molar-refractivity contribution in [2.24, 2.45) is 0 Å². The van der Waals surface area contributed by atoms with Gasteiger partial charge < -0.3 is 14.6 Å². The van der Waals surface area contributed by atoms with Crippen LogP contribution in [-0.2, 0) is 4.79 Å². The summed E-state index contributed by atoms with van der Waals surface area (Å²) in [5, 5.41) is 9.02. The Bertz CT molecular complexity index is 488. The molecule has 0 aliphatic carbocycles. The summed E-state index contributed by atoms with van der Waals surface area (Å²) >= 11 is 7.90. The van der Waals surface area contributed by atoms with Crippen LogP contribution < -0.4 is 9.47 Å². The number of hydrogen-bond acceptors (Lipinski definition) is 4. The molecule has 0 saturated heterocycles. The van der Waals surface area contributed by atoms with Gasteiger partial charge in [-0.3, -0.25) is 0 Å². The van der Waals surface area contributed by atoms with Gasteiger partial charge in [0, 0.05) is 6.08 Å². The van der Waals surface area contributed by atoms with Gasteiger partial charge >= 0.3 is 5.97 Å². The van der Waals surface area contributed by atoms with E-state index in [4.69, 9.17) is 26.2 Å². The van der Waals surface area contributed by atoms with Gasteiger partial charge in [-0.05, 0) is 42.2 Å². The van der Waals surface area contributed by atoms with Gasteiger partial charge in [-0.1, -0.05) is 11.6 Å². The topological polar surface area (TPSA) is 55.8 Å². The first-order valence-corrected chi connectivity index (χ1v) is 7.76. The largest absolute Gasteiger partial charge is 0.493 e. The number of aliphatic carboxylic acids is 1. The Morgan fingerprint density at radius 2 is 2.25 bits per heavy atom. The van der Waals surface area contributed by atoms with Crippen LogP contribution in [-0.4, -0.2) is 36.8 Å². The van der Waals surface area contributed by atoms with Crippen molar-refractivity contribution in [3.63, 3.8) is 0 Å². The minimum absolute atomic E-state index is 0.401. The standard InChI is InChI=1S/C14H17ClO4S/c1-18-12-9-10(4-5-13(16)17)8-11(15)14(12)19-6-3-7-20-2/h4-5,8-9H,3,6-7H2,1-2H3,(H,16,17)/b5-4+. The highest BCUT2D eigenvalue weighted by molar-refractivity contribution is 7.98. The zero-order chi connectivity index (χ0) is 15.0. The second-order valence-electron chi connectivity index (χ2n) is 3.90. The molecule has 1 aromatic rings. The van der Waals surface area contributed by atoms with Crippen molar-refractivity contribution in [3.8, 4) is 11.5 Å². The van der Waals surface area contributed by atoms with E-state index in [1.807, 2.05) is 6.26 Å². The summed E-state index contributed by atoms with van der Waals surface area (Å²) in [6.45, 7) is 0.557. The number of benzene rings is 1. The summed E-state index contributed by atoms with van der Waals surface area (Å²) < 4.78 is 10.9. The predicted molar refractivity (Wildman–Crippen MR) is 83.2 cm³/mol. The Morgan fingerprint density at radius 1 is 1.50 bits per heavy atom. The van der Waals surface area contributed by atoms with Gasteiger partial charge in [0.2, 0.25) is 0 Å². The molecule has 0 heterocycles. The third-order valence-corrected chi connectivity index (χ3v) is 3.39. The molecule has 0 bridgehead atoms. The zero-order valence-corrected chi connectivity index (χ0v) is 13.0. The van der Waals surface area contributed by atoms with Crippen LogP contribution in [0.3, 0.4) is 0 Å². The molecule has 20 heavy (non-hydrogen) atoms. The molecule has 0 saturated carbocycles. The average Bonchev–Trinajstić information content (AvgIpc) is 2.42. The highest BCUT2D eigenvalue weighted by atomic mass is 35.5. The first-order chi connectivity index (χ1) is 9.58. The van der Waals surface area contributed by atoms with Gasteiger partial charge in [-0.2, -0.15) is 11.8 Å².